The Morgan fingerprint density at radius 3 is 2.65 bits per heavy atom. The van der Waals surface area contributed by atoms with Crippen LogP contribution in [0.2, 0.25) is 0 Å². The van der Waals surface area contributed by atoms with Crippen molar-refractivity contribution in [2.45, 2.75) is 12.8 Å². The minimum atomic E-state index is -0.741. The number of phenolic OH excluding ortho intramolecular Hbond substituents is 1. The molecule has 0 fully saturated rings. The van der Waals surface area contributed by atoms with Crippen molar-refractivity contribution < 1.29 is 9.50 Å². The number of fused-ring (bicyclic) bond motifs is 1. The van der Waals surface area contributed by atoms with Gasteiger partial charge in [-0.2, -0.15) is 0 Å². The van der Waals surface area contributed by atoms with Crippen LogP contribution in [0.1, 0.15) is 21.8 Å². The number of H-pyrrole nitrogens is 1. The van der Waals surface area contributed by atoms with Gasteiger partial charge in [0, 0.05) is 29.5 Å². The van der Waals surface area contributed by atoms with Crippen molar-refractivity contribution in [1.29, 1.82) is 0 Å². The molecular formula is C24H18FN3O2S. The van der Waals surface area contributed by atoms with Crippen LogP contribution in [0, 0.1) is 5.82 Å². The molecule has 0 bridgehead atoms. The molecule has 154 valence electrons. The summed E-state index contributed by atoms with van der Waals surface area (Å²) in [5, 5.41) is 11.8. The van der Waals surface area contributed by atoms with Crippen molar-refractivity contribution in [2.24, 2.45) is 0 Å². The SMILES string of the molecule is O=c1c(Cc2cccs2)nc2c(Cc3ccccc3)[nH]c(-c3cccc(O)c3F)cn1-2. The van der Waals surface area contributed by atoms with E-state index in [9.17, 15) is 14.3 Å². The first kappa shape index (κ1) is 19.3. The monoisotopic (exact) mass is 431 g/mol. The van der Waals surface area contributed by atoms with E-state index in [-0.39, 0.29) is 11.1 Å². The van der Waals surface area contributed by atoms with Gasteiger partial charge in [-0.15, -0.1) is 11.3 Å². The van der Waals surface area contributed by atoms with E-state index in [4.69, 9.17) is 0 Å². The van der Waals surface area contributed by atoms with Crippen LogP contribution in [0.4, 0.5) is 4.39 Å². The number of phenols is 1. The Bertz CT molecular complexity index is 1370. The highest BCUT2D eigenvalue weighted by atomic mass is 32.1. The molecule has 5 nitrogen and oxygen atoms in total. The summed E-state index contributed by atoms with van der Waals surface area (Å²) in [4.78, 5) is 22.1. The predicted molar refractivity (Wildman–Crippen MR) is 119 cm³/mol. The Hall–Kier alpha value is -3.71. The maximum atomic E-state index is 14.6. The molecule has 3 aromatic rings. The van der Waals surface area contributed by atoms with Crippen LogP contribution in [0.5, 0.6) is 5.75 Å². The average molecular weight is 431 g/mol. The summed E-state index contributed by atoms with van der Waals surface area (Å²) in [5.74, 6) is -0.665. The summed E-state index contributed by atoms with van der Waals surface area (Å²) in [5.41, 5.74) is 2.52. The van der Waals surface area contributed by atoms with Crippen molar-refractivity contribution in [3.63, 3.8) is 0 Å². The Kier molecular flexibility index (Phi) is 4.88. The summed E-state index contributed by atoms with van der Waals surface area (Å²) in [6.07, 6.45) is 2.49. The number of halogens is 1. The lowest BCUT2D eigenvalue weighted by molar-refractivity contribution is 0.433. The van der Waals surface area contributed by atoms with Crippen LogP contribution in [-0.4, -0.2) is 19.6 Å². The van der Waals surface area contributed by atoms with Gasteiger partial charge in [0.15, 0.2) is 17.4 Å². The Labute approximate surface area is 181 Å². The van der Waals surface area contributed by atoms with Crippen LogP contribution in [-0.2, 0) is 12.8 Å². The Balaban J connectivity index is 1.69. The smallest absolute Gasteiger partial charge is 0.278 e. The Morgan fingerprint density at radius 1 is 1.03 bits per heavy atom. The summed E-state index contributed by atoms with van der Waals surface area (Å²) in [7, 11) is 0. The third-order valence-corrected chi connectivity index (χ3v) is 6.04. The molecule has 0 saturated carbocycles. The number of benzene rings is 2. The normalized spacial score (nSPS) is 11.3. The van der Waals surface area contributed by atoms with Gasteiger partial charge in [0.25, 0.3) is 5.56 Å². The number of thiophene rings is 1. The molecule has 5 rings (SSSR count). The topological polar surface area (TPSA) is 70.9 Å². The number of aromatic nitrogens is 3. The molecule has 0 atom stereocenters. The van der Waals surface area contributed by atoms with Crippen molar-refractivity contribution in [3.8, 4) is 22.8 Å². The number of hydrogen-bond donors (Lipinski definition) is 2. The minimum absolute atomic E-state index is 0.184. The first-order valence-corrected chi connectivity index (χ1v) is 10.7. The maximum Gasteiger partial charge on any atom is 0.278 e. The Morgan fingerprint density at radius 2 is 1.87 bits per heavy atom. The van der Waals surface area contributed by atoms with Gasteiger partial charge in [0.1, 0.15) is 5.69 Å². The molecule has 0 saturated heterocycles. The van der Waals surface area contributed by atoms with E-state index in [1.807, 2.05) is 47.8 Å². The number of aromatic hydroxyl groups is 1. The number of imidazole rings is 1. The second-order valence-electron chi connectivity index (χ2n) is 7.26. The van der Waals surface area contributed by atoms with E-state index in [0.717, 1.165) is 10.4 Å². The second kappa shape index (κ2) is 7.85. The standard InChI is InChI=1S/C24H18FN3O2S/c25-22-17(9-4-10-21(22)29)20-14-28-23(18(26-20)12-15-6-2-1-3-7-15)27-19(24(28)30)13-16-8-5-11-31-16/h1-11,14,26,29H,12-13H2. The highest BCUT2D eigenvalue weighted by Crippen LogP contribution is 2.29. The summed E-state index contributed by atoms with van der Waals surface area (Å²) in [6, 6.07) is 18.1. The highest BCUT2D eigenvalue weighted by molar-refractivity contribution is 7.09. The predicted octanol–water partition coefficient (Wildman–Crippen LogP) is 4.75. The number of rotatable bonds is 5. The minimum Gasteiger partial charge on any atom is -0.505 e. The molecule has 2 aliphatic heterocycles. The summed E-state index contributed by atoms with van der Waals surface area (Å²) < 4.78 is 16.1. The quantitative estimate of drug-likeness (QED) is 0.422. The molecule has 0 aliphatic carbocycles. The fraction of sp³-hybridized carbons (Fsp3) is 0.0833. The lowest BCUT2D eigenvalue weighted by Gasteiger charge is -2.14. The zero-order valence-corrected chi connectivity index (χ0v) is 17.2. The van der Waals surface area contributed by atoms with E-state index in [1.165, 1.54) is 10.6 Å². The van der Waals surface area contributed by atoms with E-state index in [1.54, 1.807) is 29.7 Å². The lowest BCUT2D eigenvalue weighted by Crippen LogP contribution is -2.17. The average Bonchev–Trinajstić information content (AvgIpc) is 3.40. The third-order valence-electron chi connectivity index (χ3n) is 5.16. The first-order chi connectivity index (χ1) is 15.1. The van der Waals surface area contributed by atoms with Gasteiger partial charge in [-0.25, -0.2) is 9.37 Å². The molecule has 0 radical (unpaired) electrons. The van der Waals surface area contributed by atoms with E-state index >= 15 is 0 Å². The number of nitrogens with one attached hydrogen (secondary N) is 1. The second-order valence-corrected chi connectivity index (χ2v) is 8.29. The molecule has 3 heterocycles. The molecule has 1 aromatic heterocycles. The van der Waals surface area contributed by atoms with Crippen LogP contribution < -0.4 is 5.56 Å². The maximum absolute atomic E-state index is 14.6. The number of nitrogens with zero attached hydrogens (tertiary/aromatic N) is 2. The van der Waals surface area contributed by atoms with Crippen molar-refractivity contribution >= 4 is 11.3 Å². The molecule has 2 aliphatic rings. The molecular weight excluding hydrogens is 413 g/mol. The van der Waals surface area contributed by atoms with Crippen LogP contribution >= 0.6 is 11.3 Å². The van der Waals surface area contributed by atoms with E-state index in [2.05, 4.69) is 9.97 Å². The van der Waals surface area contributed by atoms with Gasteiger partial charge < -0.3 is 10.1 Å². The zero-order chi connectivity index (χ0) is 21.4. The van der Waals surface area contributed by atoms with Gasteiger partial charge in [0.2, 0.25) is 0 Å². The van der Waals surface area contributed by atoms with Gasteiger partial charge in [-0.3, -0.25) is 9.36 Å². The van der Waals surface area contributed by atoms with Gasteiger partial charge in [0.05, 0.1) is 11.4 Å². The third kappa shape index (κ3) is 3.64. The van der Waals surface area contributed by atoms with E-state index in [0.29, 0.717) is 35.7 Å². The summed E-state index contributed by atoms with van der Waals surface area (Å²) >= 11 is 1.57. The molecule has 2 aromatic carbocycles. The fourth-order valence-electron chi connectivity index (χ4n) is 3.66. The van der Waals surface area contributed by atoms with Gasteiger partial charge >= 0.3 is 0 Å². The summed E-state index contributed by atoms with van der Waals surface area (Å²) in [6.45, 7) is 0. The molecule has 31 heavy (non-hydrogen) atoms. The van der Waals surface area contributed by atoms with Crippen LogP contribution in [0.3, 0.4) is 0 Å². The fourth-order valence-corrected chi connectivity index (χ4v) is 4.37. The van der Waals surface area contributed by atoms with Crippen molar-refractivity contribution in [1.82, 2.24) is 14.5 Å². The molecule has 0 amide bonds. The van der Waals surface area contributed by atoms with Gasteiger partial charge in [-0.1, -0.05) is 42.5 Å². The largest absolute Gasteiger partial charge is 0.505 e. The van der Waals surface area contributed by atoms with E-state index < -0.39 is 11.6 Å². The van der Waals surface area contributed by atoms with Crippen LogP contribution in [0.15, 0.2) is 77.0 Å². The molecule has 7 heteroatoms. The number of hydrogen-bond acceptors (Lipinski definition) is 4. The number of aromatic amines is 1. The molecule has 0 spiro atoms. The van der Waals surface area contributed by atoms with Crippen molar-refractivity contribution in [3.05, 3.63) is 110 Å². The zero-order valence-electron chi connectivity index (χ0n) is 16.4. The van der Waals surface area contributed by atoms with Crippen molar-refractivity contribution in [2.75, 3.05) is 0 Å². The highest BCUT2D eigenvalue weighted by Gasteiger charge is 2.22. The van der Waals surface area contributed by atoms with Crippen LogP contribution in [0.25, 0.3) is 17.1 Å². The lowest BCUT2D eigenvalue weighted by atomic mass is 10.1. The molecule has 0 unspecified atom stereocenters. The first-order valence-electron chi connectivity index (χ1n) is 9.77. The molecule has 2 N–H and O–H groups in total. The van der Waals surface area contributed by atoms with Gasteiger partial charge in [-0.05, 0) is 29.1 Å².